The lowest BCUT2D eigenvalue weighted by Crippen LogP contribution is -2.19. The molecule has 0 aliphatic rings. The van der Waals surface area contributed by atoms with Crippen LogP contribution in [0.5, 0.6) is 0 Å². The first kappa shape index (κ1) is 13.2. The van der Waals surface area contributed by atoms with Gasteiger partial charge in [-0.05, 0) is 25.2 Å². The van der Waals surface area contributed by atoms with E-state index in [1.54, 1.807) is 6.07 Å². The maximum atomic E-state index is 11.7. The van der Waals surface area contributed by atoms with Gasteiger partial charge in [0.1, 0.15) is 6.33 Å². The van der Waals surface area contributed by atoms with Crippen molar-refractivity contribution in [1.82, 2.24) is 19.9 Å². The number of aromatic nitrogens is 3. The number of anilines is 1. The Hall–Kier alpha value is -2.26. The van der Waals surface area contributed by atoms with Gasteiger partial charge in [-0.25, -0.2) is 18.1 Å². The molecule has 3 N–H and O–H groups in total. The molecule has 0 atom stereocenters. The highest BCUT2D eigenvalue weighted by Gasteiger charge is 2.13. The molecule has 19 heavy (non-hydrogen) atoms. The van der Waals surface area contributed by atoms with E-state index in [0.29, 0.717) is 5.69 Å². The molecule has 2 rings (SSSR count). The average molecular weight is 281 g/mol. The number of benzene rings is 1. The average Bonchev–Trinajstić information content (AvgIpc) is 2.93. The van der Waals surface area contributed by atoms with Gasteiger partial charge in [0.15, 0.2) is 0 Å². The summed E-state index contributed by atoms with van der Waals surface area (Å²) in [5, 5.41) is 8.48. The number of nitrogens with one attached hydrogen (secondary N) is 3. The summed E-state index contributed by atoms with van der Waals surface area (Å²) in [4.78, 5) is 15.4. The molecular weight excluding hydrogens is 270 g/mol. The molecule has 0 aliphatic carbocycles. The summed E-state index contributed by atoms with van der Waals surface area (Å²) in [6.45, 7) is 0. The van der Waals surface area contributed by atoms with Gasteiger partial charge in [0, 0.05) is 5.69 Å². The lowest BCUT2D eigenvalue weighted by Gasteiger charge is -2.06. The van der Waals surface area contributed by atoms with Crippen LogP contribution in [0.25, 0.3) is 0 Å². The van der Waals surface area contributed by atoms with Gasteiger partial charge < -0.3 is 5.32 Å². The van der Waals surface area contributed by atoms with Gasteiger partial charge in [0.25, 0.3) is 5.91 Å². The summed E-state index contributed by atoms with van der Waals surface area (Å²) in [6.07, 6.45) is 1.21. The minimum absolute atomic E-state index is 0.0434. The molecule has 1 aromatic carbocycles. The van der Waals surface area contributed by atoms with E-state index in [1.807, 2.05) is 0 Å². The third kappa shape index (κ3) is 2.95. The number of amides is 1. The highest BCUT2D eigenvalue weighted by atomic mass is 32.2. The zero-order valence-corrected chi connectivity index (χ0v) is 10.7. The van der Waals surface area contributed by atoms with Crippen LogP contribution in [0.1, 0.15) is 10.6 Å². The van der Waals surface area contributed by atoms with E-state index in [4.69, 9.17) is 0 Å². The molecule has 100 valence electrons. The molecule has 0 radical (unpaired) electrons. The SMILES string of the molecule is CNS(=O)(=O)c1cccc(NC(=O)c2ncn[nH]2)c1. The Kier molecular flexibility index (Phi) is 3.58. The zero-order valence-electron chi connectivity index (χ0n) is 9.91. The molecule has 9 heteroatoms. The fourth-order valence-electron chi connectivity index (χ4n) is 1.36. The van der Waals surface area contributed by atoms with Gasteiger partial charge in [-0.15, -0.1) is 0 Å². The van der Waals surface area contributed by atoms with E-state index in [1.165, 1.54) is 31.6 Å². The fraction of sp³-hybridized carbons (Fsp3) is 0.100. The van der Waals surface area contributed by atoms with E-state index in [9.17, 15) is 13.2 Å². The molecule has 0 saturated carbocycles. The second-order valence-corrected chi connectivity index (χ2v) is 5.41. The third-order valence-electron chi connectivity index (χ3n) is 2.30. The Labute approximate surface area is 109 Å². The van der Waals surface area contributed by atoms with E-state index in [2.05, 4.69) is 25.2 Å². The maximum absolute atomic E-state index is 11.7. The quantitative estimate of drug-likeness (QED) is 0.727. The second-order valence-electron chi connectivity index (χ2n) is 3.52. The first-order chi connectivity index (χ1) is 9.03. The standard InChI is InChI=1S/C10H11N5O3S/c1-11-19(17,18)8-4-2-3-7(5-8)14-10(16)9-12-6-13-15-9/h2-6,11H,1H3,(H,14,16)(H,12,13,15). The molecule has 0 saturated heterocycles. The highest BCUT2D eigenvalue weighted by Crippen LogP contribution is 2.15. The number of sulfonamides is 1. The summed E-state index contributed by atoms with van der Waals surface area (Å²) in [6, 6.07) is 5.87. The fourth-order valence-corrected chi connectivity index (χ4v) is 2.14. The van der Waals surface area contributed by atoms with Crippen molar-refractivity contribution < 1.29 is 13.2 Å². The smallest absolute Gasteiger partial charge is 0.292 e. The number of nitrogens with zero attached hydrogens (tertiary/aromatic N) is 2. The molecule has 1 heterocycles. The van der Waals surface area contributed by atoms with Crippen LogP contribution in [0.4, 0.5) is 5.69 Å². The summed E-state index contributed by atoms with van der Waals surface area (Å²) in [7, 11) is -2.23. The number of rotatable bonds is 4. The van der Waals surface area contributed by atoms with Crippen LogP contribution < -0.4 is 10.0 Å². The molecule has 0 aliphatic heterocycles. The van der Waals surface area contributed by atoms with E-state index < -0.39 is 15.9 Å². The molecule has 0 unspecified atom stereocenters. The molecule has 0 spiro atoms. The van der Waals surface area contributed by atoms with Gasteiger partial charge in [-0.3, -0.25) is 9.89 Å². The van der Waals surface area contributed by atoms with Crippen LogP contribution in [-0.4, -0.2) is 36.6 Å². The Morgan fingerprint density at radius 2 is 2.16 bits per heavy atom. The lowest BCUT2D eigenvalue weighted by atomic mass is 10.3. The Morgan fingerprint density at radius 1 is 1.37 bits per heavy atom. The Balaban J connectivity index is 2.23. The number of hydrogen-bond acceptors (Lipinski definition) is 5. The molecule has 0 bridgehead atoms. The van der Waals surface area contributed by atoms with Gasteiger partial charge >= 0.3 is 0 Å². The first-order valence-corrected chi connectivity index (χ1v) is 6.71. The minimum atomic E-state index is -3.55. The molecule has 1 amide bonds. The van der Waals surface area contributed by atoms with Crippen LogP contribution in [0.3, 0.4) is 0 Å². The van der Waals surface area contributed by atoms with Crippen molar-refractivity contribution >= 4 is 21.6 Å². The molecule has 2 aromatic rings. The second kappa shape index (κ2) is 5.16. The molecule has 0 fully saturated rings. The number of carbonyl (C=O) groups is 1. The first-order valence-electron chi connectivity index (χ1n) is 5.23. The van der Waals surface area contributed by atoms with E-state index in [-0.39, 0.29) is 10.7 Å². The van der Waals surface area contributed by atoms with Crippen LogP contribution in [-0.2, 0) is 10.0 Å². The van der Waals surface area contributed by atoms with Crippen molar-refractivity contribution in [2.45, 2.75) is 4.90 Å². The van der Waals surface area contributed by atoms with Crippen molar-refractivity contribution in [2.24, 2.45) is 0 Å². The van der Waals surface area contributed by atoms with Crippen molar-refractivity contribution in [3.8, 4) is 0 Å². The minimum Gasteiger partial charge on any atom is -0.319 e. The van der Waals surface area contributed by atoms with Crippen LogP contribution in [0.15, 0.2) is 35.5 Å². The van der Waals surface area contributed by atoms with E-state index in [0.717, 1.165) is 0 Å². The molecule has 1 aromatic heterocycles. The highest BCUT2D eigenvalue weighted by molar-refractivity contribution is 7.89. The van der Waals surface area contributed by atoms with Crippen LogP contribution in [0, 0.1) is 0 Å². The normalized spacial score (nSPS) is 11.2. The van der Waals surface area contributed by atoms with Crippen molar-refractivity contribution in [3.63, 3.8) is 0 Å². The van der Waals surface area contributed by atoms with Gasteiger partial charge in [0.2, 0.25) is 15.8 Å². The predicted molar refractivity (Wildman–Crippen MR) is 67.0 cm³/mol. The number of H-pyrrole nitrogens is 1. The molecule has 8 nitrogen and oxygen atoms in total. The van der Waals surface area contributed by atoms with Crippen LogP contribution in [0.2, 0.25) is 0 Å². The molecular formula is C10H11N5O3S. The largest absolute Gasteiger partial charge is 0.319 e. The van der Waals surface area contributed by atoms with Gasteiger partial charge in [-0.1, -0.05) is 6.07 Å². The Morgan fingerprint density at radius 3 is 2.79 bits per heavy atom. The van der Waals surface area contributed by atoms with Crippen molar-refractivity contribution in [3.05, 3.63) is 36.4 Å². The third-order valence-corrected chi connectivity index (χ3v) is 3.71. The number of hydrogen-bond donors (Lipinski definition) is 3. The van der Waals surface area contributed by atoms with Gasteiger partial charge in [0.05, 0.1) is 4.90 Å². The Bertz CT molecular complexity index is 681. The van der Waals surface area contributed by atoms with Crippen molar-refractivity contribution in [2.75, 3.05) is 12.4 Å². The maximum Gasteiger partial charge on any atom is 0.292 e. The van der Waals surface area contributed by atoms with Crippen LogP contribution >= 0.6 is 0 Å². The topological polar surface area (TPSA) is 117 Å². The lowest BCUT2D eigenvalue weighted by molar-refractivity contribution is 0.101. The summed E-state index contributed by atoms with van der Waals surface area (Å²) < 4.78 is 25.4. The van der Waals surface area contributed by atoms with Gasteiger partial charge in [-0.2, -0.15) is 5.10 Å². The van der Waals surface area contributed by atoms with E-state index >= 15 is 0 Å². The summed E-state index contributed by atoms with van der Waals surface area (Å²) in [5.41, 5.74) is 0.345. The zero-order chi connectivity index (χ0) is 13.9. The number of carbonyl (C=O) groups excluding carboxylic acids is 1. The predicted octanol–water partition coefficient (Wildman–Crippen LogP) is -0.0349. The number of aromatic amines is 1. The summed E-state index contributed by atoms with van der Waals surface area (Å²) >= 11 is 0. The van der Waals surface area contributed by atoms with Crippen molar-refractivity contribution in [1.29, 1.82) is 0 Å². The monoisotopic (exact) mass is 281 g/mol. The summed E-state index contributed by atoms with van der Waals surface area (Å²) in [5.74, 6) is -0.460.